The molecule has 1 heterocycles. The molecule has 2 unspecified atom stereocenters. The van der Waals surface area contributed by atoms with Crippen molar-refractivity contribution in [1.82, 2.24) is 10.2 Å². The molecule has 0 bridgehead atoms. The van der Waals surface area contributed by atoms with Gasteiger partial charge in [-0.15, -0.1) is 0 Å². The van der Waals surface area contributed by atoms with Gasteiger partial charge in [-0.05, 0) is 43.9 Å². The third-order valence-electron chi connectivity index (χ3n) is 5.59. The van der Waals surface area contributed by atoms with E-state index < -0.39 is 0 Å². The molecule has 0 radical (unpaired) electrons. The summed E-state index contributed by atoms with van der Waals surface area (Å²) in [6, 6.07) is 20.2. The first-order valence-corrected chi connectivity index (χ1v) is 10.9. The van der Waals surface area contributed by atoms with Gasteiger partial charge >= 0.3 is 5.97 Å². The number of hydrogen-bond donors (Lipinski definition) is 1. The minimum atomic E-state index is -0.375. The van der Waals surface area contributed by atoms with Crippen molar-refractivity contribution in [2.24, 2.45) is 11.8 Å². The van der Waals surface area contributed by atoms with Crippen molar-refractivity contribution in [2.75, 3.05) is 26.2 Å². The summed E-state index contributed by atoms with van der Waals surface area (Å²) in [5, 5.41) is 3.03. The lowest BCUT2D eigenvalue weighted by Gasteiger charge is -2.32. The standard InChI is InChI=1S/C25H32N2O3/c1-2-30-25(29)23(16-20-10-5-3-6-11-20)17-26-24(28)22-14-9-15-27(19-22)18-21-12-7-4-8-13-21/h3-8,10-13,22-23H,2,9,14-19H2,1H3,(H,26,28). The predicted octanol–water partition coefficient (Wildman–Crippen LogP) is 3.44. The number of nitrogens with one attached hydrogen (secondary N) is 1. The van der Waals surface area contributed by atoms with E-state index in [2.05, 4.69) is 22.3 Å². The number of nitrogens with zero attached hydrogens (tertiary/aromatic N) is 1. The molecule has 1 fully saturated rings. The van der Waals surface area contributed by atoms with Crippen molar-refractivity contribution < 1.29 is 14.3 Å². The smallest absolute Gasteiger partial charge is 0.311 e. The third-order valence-corrected chi connectivity index (χ3v) is 5.59. The molecule has 0 spiro atoms. The maximum absolute atomic E-state index is 12.8. The molecule has 160 valence electrons. The van der Waals surface area contributed by atoms with Gasteiger partial charge in [0, 0.05) is 19.6 Å². The summed E-state index contributed by atoms with van der Waals surface area (Å²) < 4.78 is 5.24. The average molecular weight is 409 g/mol. The molecule has 0 aliphatic carbocycles. The van der Waals surface area contributed by atoms with Crippen LogP contribution in [0.5, 0.6) is 0 Å². The molecule has 5 heteroatoms. The average Bonchev–Trinajstić information content (AvgIpc) is 2.78. The molecule has 1 amide bonds. The summed E-state index contributed by atoms with van der Waals surface area (Å²) >= 11 is 0. The minimum absolute atomic E-state index is 0.0371. The molecule has 2 aromatic rings. The number of piperidine rings is 1. The highest BCUT2D eigenvalue weighted by Gasteiger charge is 2.27. The summed E-state index contributed by atoms with van der Waals surface area (Å²) in [4.78, 5) is 27.6. The fraction of sp³-hybridized carbons (Fsp3) is 0.440. The number of amides is 1. The molecular formula is C25H32N2O3. The number of carbonyl (C=O) groups excluding carboxylic acids is 2. The summed E-state index contributed by atoms with van der Waals surface area (Å²) in [6.07, 6.45) is 2.46. The van der Waals surface area contributed by atoms with Crippen LogP contribution in [0.15, 0.2) is 60.7 Å². The van der Waals surface area contributed by atoms with Crippen molar-refractivity contribution in [2.45, 2.75) is 32.7 Å². The van der Waals surface area contributed by atoms with Crippen LogP contribution in [0.1, 0.15) is 30.9 Å². The van der Waals surface area contributed by atoms with E-state index in [9.17, 15) is 9.59 Å². The van der Waals surface area contributed by atoms with Crippen LogP contribution in [-0.4, -0.2) is 43.0 Å². The first kappa shape index (κ1) is 22.0. The van der Waals surface area contributed by atoms with Crippen molar-refractivity contribution >= 4 is 11.9 Å². The number of benzene rings is 2. The van der Waals surface area contributed by atoms with Crippen LogP contribution in [0.25, 0.3) is 0 Å². The molecule has 0 saturated carbocycles. The van der Waals surface area contributed by atoms with E-state index in [0.717, 1.165) is 38.0 Å². The van der Waals surface area contributed by atoms with Gasteiger partial charge < -0.3 is 10.1 Å². The zero-order valence-electron chi connectivity index (χ0n) is 17.8. The summed E-state index contributed by atoms with van der Waals surface area (Å²) in [5.41, 5.74) is 2.33. The van der Waals surface area contributed by atoms with Gasteiger partial charge in [0.2, 0.25) is 5.91 Å². The quantitative estimate of drug-likeness (QED) is 0.646. The Hall–Kier alpha value is -2.66. The monoisotopic (exact) mass is 408 g/mol. The lowest BCUT2D eigenvalue weighted by Crippen LogP contribution is -2.44. The molecule has 5 nitrogen and oxygen atoms in total. The molecule has 30 heavy (non-hydrogen) atoms. The molecular weight excluding hydrogens is 376 g/mol. The fourth-order valence-electron chi connectivity index (χ4n) is 4.02. The molecule has 1 N–H and O–H groups in total. The highest BCUT2D eigenvalue weighted by Crippen LogP contribution is 2.19. The summed E-state index contributed by atoms with van der Waals surface area (Å²) in [7, 11) is 0. The van der Waals surface area contributed by atoms with Crippen LogP contribution in [0.4, 0.5) is 0 Å². The fourth-order valence-corrected chi connectivity index (χ4v) is 4.02. The normalized spacial score (nSPS) is 17.8. The van der Waals surface area contributed by atoms with E-state index in [1.54, 1.807) is 6.92 Å². The highest BCUT2D eigenvalue weighted by atomic mass is 16.5. The molecule has 1 saturated heterocycles. The van der Waals surface area contributed by atoms with Crippen LogP contribution in [0.2, 0.25) is 0 Å². The lowest BCUT2D eigenvalue weighted by atomic mass is 9.95. The Morgan fingerprint density at radius 3 is 2.40 bits per heavy atom. The molecule has 2 aromatic carbocycles. The molecule has 3 rings (SSSR count). The van der Waals surface area contributed by atoms with E-state index in [1.807, 2.05) is 48.5 Å². The highest BCUT2D eigenvalue weighted by molar-refractivity contribution is 5.80. The summed E-state index contributed by atoms with van der Waals surface area (Å²) in [6.45, 7) is 5.09. The second kappa shape index (κ2) is 11.5. The van der Waals surface area contributed by atoms with Crippen molar-refractivity contribution in [3.63, 3.8) is 0 Å². The number of carbonyl (C=O) groups is 2. The van der Waals surface area contributed by atoms with E-state index in [1.165, 1.54) is 5.56 Å². The second-order valence-corrected chi connectivity index (χ2v) is 7.94. The summed E-state index contributed by atoms with van der Waals surface area (Å²) in [5.74, 6) is -0.631. The largest absolute Gasteiger partial charge is 0.466 e. The second-order valence-electron chi connectivity index (χ2n) is 7.94. The number of ether oxygens (including phenoxy) is 1. The zero-order chi connectivity index (χ0) is 21.2. The van der Waals surface area contributed by atoms with Gasteiger partial charge in [0.15, 0.2) is 0 Å². The van der Waals surface area contributed by atoms with Gasteiger partial charge in [0.05, 0.1) is 18.4 Å². The van der Waals surface area contributed by atoms with Gasteiger partial charge in [-0.2, -0.15) is 0 Å². The van der Waals surface area contributed by atoms with Gasteiger partial charge in [-0.25, -0.2) is 0 Å². The number of likely N-dealkylation sites (tertiary alicyclic amines) is 1. The van der Waals surface area contributed by atoms with Crippen molar-refractivity contribution in [3.05, 3.63) is 71.8 Å². The Balaban J connectivity index is 1.54. The molecule has 1 aliphatic rings. The first-order valence-electron chi connectivity index (χ1n) is 10.9. The maximum Gasteiger partial charge on any atom is 0.311 e. The minimum Gasteiger partial charge on any atom is -0.466 e. The van der Waals surface area contributed by atoms with Gasteiger partial charge in [-0.1, -0.05) is 60.7 Å². The van der Waals surface area contributed by atoms with E-state index in [-0.39, 0.29) is 23.7 Å². The number of rotatable bonds is 9. The third kappa shape index (κ3) is 6.70. The van der Waals surface area contributed by atoms with Gasteiger partial charge in [0.25, 0.3) is 0 Å². The topological polar surface area (TPSA) is 58.6 Å². The van der Waals surface area contributed by atoms with E-state index >= 15 is 0 Å². The molecule has 0 aromatic heterocycles. The van der Waals surface area contributed by atoms with Crippen LogP contribution in [0.3, 0.4) is 0 Å². The Morgan fingerprint density at radius 2 is 1.73 bits per heavy atom. The van der Waals surface area contributed by atoms with Gasteiger partial charge in [-0.3, -0.25) is 14.5 Å². The van der Waals surface area contributed by atoms with Crippen LogP contribution < -0.4 is 5.32 Å². The van der Waals surface area contributed by atoms with Crippen LogP contribution in [-0.2, 0) is 27.3 Å². The Labute approximate surface area is 179 Å². The van der Waals surface area contributed by atoms with Gasteiger partial charge in [0.1, 0.15) is 0 Å². The maximum atomic E-state index is 12.8. The van der Waals surface area contributed by atoms with Crippen molar-refractivity contribution in [3.8, 4) is 0 Å². The van der Waals surface area contributed by atoms with E-state index in [0.29, 0.717) is 19.6 Å². The molecule has 2 atom stereocenters. The molecule has 1 aliphatic heterocycles. The first-order chi connectivity index (χ1) is 14.7. The number of hydrogen-bond acceptors (Lipinski definition) is 4. The van der Waals surface area contributed by atoms with Crippen molar-refractivity contribution in [1.29, 1.82) is 0 Å². The Kier molecular flexibility index (Phi) is 8.45. The predicted molar refractivity (Wildman–Crippen MR) is 118 cm³/mol. The zero-order valence-corrected chi connectivity index (χ0v) is 17.8. The lowest BCUT2D eigenvalue weighted by molar-refractivity contribution is -0.148. The Bertz CT molecular complexity index is 795. The SMILES string of the molecule is CCOC(=O)C(CNC(=O)C1CCCN(Cc2ccccc2)C1)Cc1ccccc1. The number of esters is 1. The van der Waals surface area contributed by atoms with E-state index in [4.69, 9.17) is 4.74 Å². The van der Waals surface area contributed by atoms with Crippen LogP contribution >= 0.6 is 0 Å². The van der Waals surface area contributed by atoms with Crippen LogP contribution in [0, 0.1) is 11.8 Å². The Morgan fingerprint density at radius 1 is 1.07 bits per heavy atom.